The van der Waals surface area contributed by atoms with Gasteiger partial charge in [0.15, 0.2) is 4.32 Å². The van der Waals surface area contributed by atoms with Crippen molar-refractivity contribution < 1.29 is 14.4 Å². The topological polar surface area (TPSA) is 57.7 Å². The number of unbranched alkanes of at least 4 members (excludes halogenated alkanes) is 1. The van der Waals surface area contributed by atoms with Crippen molar-refractivity contribution in [2.24, 2.45) is 0 Å². The van der Waals surface area contributed by atoms with Gasteiger partial charge in [0.1, 0.15) is 0 Å². The third kappa shape index (κ3) is 3.38. The highest BCUT2D eigenvalue weighted by Gasteiger charge is 2.43. The molecule has 0 atom stereocenters. The van der Waals surface area contributed by atoms with Gasteiger partial charge >= 0.3 is 0 Å². The molecule has 0 aromatic heterocycles. The Balaban J connectivity index is 1.73. The van der Waals surface area contributed by atoms with Crippen LogP contribution in [-0.2, 0) is 20.8 Å². The summed E-state index contributed by atoms with van der Waals surface area (Å²) < 4.78 is 0.371. The predicted octanol–water partition coefficient (Wildman–Crippen LogP) is 4.70. The molecule has 30 heavy (non-hydrogen) atoms. The van der Waals surface area contributed by atoms with Crippen LogP contribution < -0.4 is 9.80 Å². The number of fused-ring (bicyclic) bond motifs is 1. The summed E-state index contributed by atoms with van der Waals surface area (Å²) in [7, 11) is 0. The van der Waals surface area contributed by atoms with Gasteiger partial charge in [-0.2, -0.15) is 0 Å². The van der Waals surface area contributed by atoms with Crippen LogP contribution in [0.2, 0.25) is 0 Å². The average Bonchev–Trinajstić information content (AvgIpc) is 3.18. The van der Waals surface area contributed by atoms with Crippen LogP contribution >= 0.6 is 24.0 Å². The molecule has 4 rings (SSSR count). The van der Waals surface area contributed by atoms with Gasteiger partial charge in [-0.15, -0.1) is 0 Å². The van der Waals surface area contributed by atoms with Crippen LogP contribution in [0.4, 0.5) is 11.4 Å². The van der Waals surface area contributed by atoms with E-state index in [9.17, 15) is 14.4 Å². The fraction of sp³-hybridized carbons (Fsp3) is 0.217. The molecular weight excluding hydrogens is 416 g/mol. The maximum atomic E-state index is 13.3. The molecule has 152 valence electrons. The number of carbonyl (C=O) groups is 3. The average molecular weight is 437 g/mol. The summed E-state index contributed by atoms with van der Waals surface area (Å²) in [6.45, 7) is 3.49. The van der Waals surface area contributed by atoms with Crippen molar-refractivity contribution in [3.63, 3.8) is 0 Å². The zero-order valence-electron chi connectivity index (χ0n) is 16.7. The van der Waals surface area contributed by atoms with Crippen LogP contribution in [0.15, 0.2) is 53.4 Å². The molecule has 1 fully saturated rings. The summed E-state index contributed by atoms with van der Waals surface area (Å²) >= 11 is 6.58. The van der Waals surface area contributed by atoms with Gasteiger partial charge < -0.3 is 0 Å². The number of amides is 3. The fourth-order valence-corrected chi connectivity index (χ4v) is 5.05. The van der Waals surface area contributed by atoms with Crippen molar-refractivity contribution in [1.29, 1.82) is 0 Å². The first-order valence-corrected chi connectivity index (χ1v) is 11.0. The smallest absolute Gasteiger partial charge is 0.271 e. The van der Waals surface area contributed by atoms with Gasteiger partial charge in [0, 0.05) is 12.5 Å². The SMILES string of the molecule is CCCCc1ccc(N2C(=O)C(=C3C(=O)N(C(C)=O)c4ccccc43)SC2=S)cc1. The lowest BCUT2D eigenvalue weighted by Gasteiger charge is -2.15. The number of anilines is 2. The molecule has 0 spiro atoms. The second kappa shape index (κ2) is 8.16. The van der Waals surface area contributed by atoms with Gasteiger partial charge in [-0.25, -0.2) is 4.90 Å². The quantitative estimate of drug-likeness (QED) is 0.514. The molecule has 2 aliphatic rings. The third-order valence-corrected chi connectivity index (χ3v) is 6.53. The van der Waals surface area contributed by atoms with Crippen LogP contribution in [0, 0.1) is 0 Å². The highest BCUT2D eigenvalue weighted by molar-refractivity contribution is 8.27. The van der Waals surface area contributed by atoms with Crippen LogP contribution in [0.25, 0.3) is 5.57 Å². The number of hydrogen-bond donors (Lipinski definition) is 0. The van der Waals surface area contributed by atoms with E-state index in [2.05, 4.69) is 6.92 Å². The molecule has 7 heteroatoms. The Labute approximate surface area is 184 Å². The third-order valence-electron chi connectivity index (χ3n) is 5.16. The van der Waals surface area contributed by atoms with Gasteiger partial charge in [-0.3, -0.25) is 19.3 Å². The van der Waals surface area contributed by atoms with Crippen LogP contribution in [0.1, 0.15) is 37.8 Å². The summed E-state index contributed by atoms with van der Waals surface area (Å²) in [4.78, 5) is 41.2. The minimum Gasteiger partial charge on any atom is -0.274 e. The number of carbonyl (C=O) groups excluding carboxylic acids is 3. The summed E-state index contributed by atoms with van der Waals surface area (Å²) in [6, 6.07) is 14.8. The van der Waals surface area contributed by atoms with Crippen molar-refractivity contribution in [2.75, 3.05) is 9.80 Å². The largest absolute Gasteiger partial charge is 0.274 e. The summed E-state index contributed by atoms with van der Waals surface area (Å²) in [5.74, 6) is -1.21. The molecular formula is C23H20N2O3S2. The number of hydrogen-bond acceptors (Lipinski definition) is 5. The molecule has 0 N–H and O–H groups in total. The number of rotatable bonds is 4. The first-order chi connectivity index (χ1) is 14.4. The van der Waals surface area contributed by atoms with E-state index in [1.54, 1.807) is 24.3 Å². The summed E-state index contributed by atoms with van der Waals surface area (Å²) in [5, 5.41) is 0. The van der Waals surface area contributed by atoms with Crippen molar-refractivity contribution in [3.05, 3.63) is 64.6 Å². The Morgan fingerprint density at radius 1 is 1.03 bits per heavy atom. The van der Waals surface area contributed by atoms with Crippen molar-refractivity contribution >= 4 is 63.0 Å². The van der Waals surface area contributed by atoms with E-state index in [0.29, 0.717) is 21.3 Å². The maximum absolute atomic E-state index is 13.3. The van der Waals surface area contributed by atoms with E-state index in [-0.39, 0.29) is 22.3 Å². The highest BCUT2D eigenvalue weighted by atomic mass is 32.2. The molecule has 0 saturated carbocycles. The Morgan fingerprint density at radius 2 is 1.73 bits per heavy atom. The summed E-state index contributed by atoms with van der Waals surface area (Å²) in [5.41, 5.74) is 3.20. The number of aryl methyl sites for hydroxylation is 1. The van der Waals surface area contributed by atoms with Crippen molar-refractivity contribution in [1.82, 2.24) is 0 Å². The first-order valence-electron chi connectivity index (χ1n) is 9.78. The standard InChI is InChI=1S/C23H20N2O3S2/c1-3-4-7-15-10-12-16(13-11-15)25-22(28)20(30-23(25)29)19-17-8-5-6-9-18(17)24(14(2)26)21(19)27/h5-6,8-13H,3-4,7H2,1-2H3. The van der Waals surface area contributed by atoms with Crippen LogP contribution in [0.3, 0.4) is 0 Å². The number of thioether (sulfide) groups is 1. The first kappa shape index (κ1) is 20.5. The van der Waals surface area contributed by atoms with E-state index in [1.165, 1.54) is 17.4 Å². The van der Waals surface area contributed by atoms with Crippen molar-refractivity contribution in [3.8, 4) is 0 Å². The molecule has 0 aliphatic carbocycles. The van der Waals surface area contributed by atoms with E-state index >= 15 is 0 Å². The molecule has 3 amide bonds. The van der Waals surface area contributed by atoms with Crippen molar-refractivity contribution in [2.45, 2.75) is 33.1 Å². The minimum atomic E-state index is -0.487. The second-order valence-corrected chi connectivity index (χ2v) is 8.80. The van der Waals surface area contributed by atoms with E-state index in [0.717, 1.165) is 35.9 Å². The second-order valence-electron chi connectivity index (χ2n) is 7.16. The van der Waals surface area contributed by atoms with E-state index in [1.807, 2.05) is 24.3 Å². The molecule has 1 saturated heterocycles. The van der Waals surface area contributed by atoms with Gasteiger partial charge in [-0.05, 0) is 36.6 Å². The Bertz CT molecular complexity index is 1110. The van der Waals surface area contributed by atoms with Gasteiger partial charge in [0.25, 0.3) is 11.8 Å². The minimum absolute atomic E-state index is 0.236. The molecule has 0 unspecified atom stereocenters. The molecule has 2 aliphatic heterocycles. The monoisotopic (exact) mass is 436 g/mol. The Hall–Kier alpha value is -2.77. The summed E-state index contributed by atoms with van der Waals surface area (Å²) in [6.07, 6.45) is 3.23. The number of benzene rings is 2. The van der Waals surface area contributed by atoms with Gasteiger partial charge in [-0.1, -0.05) is 67.7 Å². The molecule has 2 aromatic rings. The fourth-order valence-electron chi connectivity index (χ4n) is 3.68. The molecule has 0 bridgehead atoms. The zero-order chi connectivity index (χ0) is 21.4. The number of para-hydroxylation sites is 1. The highest BCUT2D eigenvalue weighted by Crippen LogP contribution is 2.45. The zero-order valence-corrected chi connectivity index (χ0v) is 18.3. The van der Waals surface area contributed by atoms with Crippen LogP contribution in [-0.4, -0.2) is 22.0 Å². The maximum Gasteiger partial charge on any atom is 0.271 e. The Morgan fingerprint density at radius 3 is 2.40 bits per heavy atom. The number of thiocarbonyl (C=S) groups is 1. The lowest BCUT2D eigenvalue weighted by atomic mass is 10.1. The van der Waals surface area contributed by atoms with Crippen LogP contribution in [0.5, 0.6) is 0 Å². The molecule has 0 radical (unpaired) electrons. The lowest BCUT2D eigenvalue weighted by molar-refractivity contribution is -0.122. The number of nitrogens with zero attached hydrogens (tertiary/aromatic N) is 2. The number of imide groups is 1. The molecule has 2 heterocycles. The van der Waals surface area contributed by atoms with Gasteiger partial charge in [0.2, 0.25) is 5.91 Å². The predicted molar refractivity (Wildman–Crippen MR) is 124 cm³/mol. The lowest BCUT2D eigenvalue weighted by Crippen LogP contribution is -2.32. The Kier molecular flexibility index (Phi) is 5.58. The molecule has 2 aromatic carbocycles. The normalized spacial score (nSPS) is 18.4. The van der Waals surface area contributed by atoms with E-state index < -0.39 is 5.91 Å². The van der Waals surface area contributed by atoms with E-state index in [4.69, 9.17) is 12.2 Å². The molecule has 5 nitrogen and oxygen atoms in total. The van der Waals surface area contributed by atoms with Gasteiger partial charge in [0.05, 0.1) is 21.9 Å².